The van der Waals surface area contributed by atoms with Crippen molar-refractivity contribution >= 4 is 33.2 Å². The molecule has 0 aliphatic heterocycles. The predicted octanol–water partition coefficient (Wildman–Crippen LogP) is 4.39. The number of halogens is 1. The Morgan fingerprint density at radius 3 is 2.37 bits per heavy atom. The molecule has 0 aromatic heterocycles. The molecule has 0 fully saturated rings. The minimum atomic E-state index is -3.73. The highest BCUT2D eigenvalue weighted by Gasteiger charge is 2.31. The number of rotatable bonds is 8. The topological polar surface area (TPSA) is 75.7 Å². The second-order valence-corrected chi connectivity index (χ2v) is 9.66. The summed E-state index contributed by atoms with van der Waals surface area (Å²) in [4.78, 5) is 13.1. The van der Waals surface area contributed by atoms with E-state index >= 15 is 0 Å². The third-order valence-corrected chi connectivity index (χ3v) is 6.51. The summed E-state index contributed by atoms with van der Waals surface area (Å²) >= 11 is 6.09. The van der Waals surface area contributed by atoms with Crippen molar-refractivity contribution in [3.05, 3.63) is 58.1 Å². The van der Waals surface area contributed by atoms with E-state index in [4.69, 9.17) is 16.3 Å². The van der Waals surface area contributed by atoms with Gasteiger partial charge < -0.3 is 10.1 Å². The second-order valence-electron chi connectivity index (χ2n) is 7.36. The maximum Gasteiger partial charge on any atom is 0.244 e. The van der Waals surface area contributed by atoms with Crippen LogP contribution in [0.5, 0.6) is 5.75 Å². The Kier molecular flexibility index (Phi) is 7.77. The van der Waals surface area contributed by atoms with Gasteiger partial charge in [0, 0.05) is 5.02 Å². The van der Waals surface area contributed by atoms with Crippen LogP contribution in [-0.4, -0.2) is 33.7 Å². The number of amides is 1. The molecule has 2 atom stereocenters. The van der Waals surface area contributed by atoms with E-state index in [-0.39, 0.29) is 11.9 Å². The van der Waals surface area contributed by atoms with Gasteiger partial charge >= 0.3 is 0 Å². The number of hydrogen-bond acceptors (Lipinski definition) is 4. The molecule has 2 aromatic rings. The normalized spacial score (nSPS) is 13.4. The number of hydrogen-bond donors (Lipinski definition) is 1. The lowest BCUT2D eigenvalue weighted by Gasteiger charge is -2.31. The predicted molar refractivity (Wildman–Crippen MR) is 122 cm³/mol. The zero-order chi connectivity index (χ0) is 22.6. The van der Waals surface area contributed by atoms with E-state index < -0.39 is 16.1 Å². The molecular formula is C22H29ClN2O4S. The number of carbonyl (C=O) groups is 1. The van der Waals surface area contributed by atoms with Crippen LogP contribution in [0, 0.1) is 13.8 Å². The molecule has 0 saturated heterocycles. The Morgan fingerprint density at radius 1 is 1.17 bits per heavy atom. The summed E-state index contributed by atoms with van der Waals surface area (Å²) in [6.45, 7) is 7.25. The van der Waals surface area contributed by atoms with Gasteiger partial charge in [-0.25, -0.2) is 8.42 Å². The first kappa shape index (κ1) is 24.0. The zero-order valence-corrected chi connectivity index (χ0v) is 19.8. The molecule has 30 heavy (non-hydrogen) atoms. The number of nitrogens with one attached hydrogen (secondary N) is 1. The number of methoxy groups -OCH3 is 1. The highest BCUT2D eigenvalue weighted by atomic mass is 35.5. The molecule has 8 heteroatoms. The van der Waals surface area contributed by atoms with Crippen molar-refractivity contribution < 1.29 is 17.9 Å². The van der Waals surface area contributed by atoms with Gasteiger partial charge in [0.15, 0.2) is 0 Å². The standard InChI is InChI=1S/C22H29ClN2O4S/c1-7-19(17-9-11-21(29-5)15(3)12-17)24-22(26)16(4)25(30(6,27)28)20-13-18(23)10-8-14(20)2/h8-13,16,19H,7H2,1-6H3,(H,24,26)/t16-,19+/m1/s1. The number of carbonyl (C=O) groups excluding carboxylic acids is 1. The molecule has 0 radical (unpaired) electrons. The van der Waals surface area contributed by atoms with Crippen molar-refractivity contribution in [1.82, 2.24) is 5.32 Å². The summed E-state index contributed by atoms with van der Waals surface area (Å²) in [5, 5.41) is 3.39. The number of benzene rings is 2. The first-order valence-corrected chi connectivity index (χ1v) is 11.9. The van der Waals surface area contributed by atoms with Crippen molar-refractivity contribution in [1.29, 1.82) is 0 Å². The molecule has 0 aliphatic carbocycles. The third-order valence-electron chi connectivity index (χ3n) is 5.04. The molecule has 0 spiro atoms. The molecule has 0 heterocycles. The first-order chi connectivity index (χ1) is 14.0. The van der Waals surface area contributed by atoms with E-state index in [1.54, 1.807) is 39.2 Å². The molecule has 2 aromatic carbocycles. The van der Waals surface area contributed by atoms with Crippen molar-refractivity contribution in [2.45, 2.75) is 46.2 Å². The molecule has 0 unspecified atom stereocenters. The van der Waals surface area contributed by atoms with Gasteiger partial charge in [0.2, 0.25) is 15.9 Å². The monoisotopic (exact) mass is 452 g/mol. The maximum atomic E-state index is 13.1. The Hall–Kier alpha value is -2.25. The van der Waals surface area contributed by atoms with Gasteiger partial charge in [-0.05, 0) is 62.1 Å². The van der Waals surface area contributed by atoms with Gasteiger partial charge in [0.25, 0.3) is 0 Å². The summed E-state index contributed by atoms with van der Waals surface area (Å²) in [5.41, 5.74) is 2.99. The number of ether oxygens (including phenoxy) is 1. The third kappa shape index (κ3) is 5.46. The molecule has 0 bridgehead atoms. The van der Waals surface area contributed by atoms with Crippen LogP contribution in [-0.2, 0) is 14.8 Å². The molecule has 0 saturated carbocycles. The van der Waals surface area contributed by atoms with Crippen LogP contribution in [0.3, 0.4) is 0 Å². The Labute approximate surface area is 184 Å². The number of sulfonamides is 1. The largest absolute Gasteiger partial charge is 0.496 e. The Balaban J connectivity index is 2.34. The quantitative estimate of drug-likeness (QED) is 0.644. The molecule has 164 valence electrons. The number of nitrogens with zero attached hydrogens (tertiary/aromatic N) is 1. The smallest absolute Gasteiger partial charge is 0.244 e. The second kappa shape index (κ2) is 9.71. The summed E-state index contributed by atoms with van der Waals surface area (Å²) in [6, 6.07) is 9.50. The van der Waals surface area contributed by atoms with Crippen LogP contribution >= 0.6 is 11.6 Å². The van der Waals surface area contributed by atoms with Gasteiger partial charge in [-0.2, -0.15) is 0 Å². The highest BCUT2D eigenvalue weighted by molar-refractivity contribution is 7.92. The molecule has 1 amide bonds. The lowest BCUT2D eigenvalue weighted by molar-refractivity contribution is -0.122. The minimum Gasteiger partial charge on any atom is -0.496 e. The SMILES string of the molecule is CC[C@H](NC(=O)[C@@H](C)N(c1cc(Cl)ccc1C)S(C)(=O)=O)c1ccc(OC)c(C)c1. The lowest BCUT2D eigenvalue weighted by Crippen LogP contribution is -2.48. The number of aryl methyl sites for hydroxylation is 2. The van der Waals surface area contributed by atoms with Gasteiger partial charge in [-0.15, -0.1) is 0 Å². The summed E-state index contributed by atoms with van der Waals surface area (Å²) in [7, 11) is -2.12. The fourth-order valence-electron chi connectivity index (χ4n) is 3.43. The van der Waals surface area contributed by atoms with E-state index in [9.17, 15) is 13.2 Å². The van der Waals surface area contributed by atoms with Crippen molar-refractivity contribution in [2.24, 2.45) is 0 Å². The van der Waals surface area contributed by atoms with Crippen LogP contribution < -0.4 is 14.4 Å². The van der Waals surface area contributed by atoms with E-state index in [1.165, 1.54) is 0 Å². The van der Waals surface area contributed by atoms with Crippen molar-refractivity contribution in [3.8, 4) is 5.75 Å². The Morgan fingerprint density at radius 2 is 1.83 bits per heavy atom. The van der Waals surface area contributed by atoms with Gasteiger partial charge in [0.1, 0.15) is 11.8 Å². The summed E-state index contributed by atoms with van der Waals surface area (Å²) < 4.78 is 31.6. The van der Waals surface area contributed by atoms with Crippen LogP contribution in [0.25, 0.3) is 0 Å². The lowest BCUT2D eigenvalue weighted by atomic mass is 10.0. The summed E-state index contributed by atoms with van der Waals surface area (Å²) in [6.07, 6.45) is 1.74. The van der Waals surface area contributed by atoms with E-state index in [0.29, 0.717) is 22.7 Å². The van der Waals surface area contributed by atoms with Gasteiger partial charge in [0.05, 0.1) is 25.1 Å². The molecular weight excluding hydrogens is 424 g/mol. The van der Waals surface area contributed by atoms with Crippen LogP contribution in [0.1, 0.15) is 43.0 Å². The van der Waals surface area contributed by atoms with Gasteiger partial charge in [-0.1, -0.05) is 36.7 Å². The van der Waals surface area contributed by atoms with Crippen LogP contribution in [0.4, 0.5) is 5.69 Å². The maximum absolute atomic E-state index is 13.1. The average Bonchev–Trinajstić information content (AvgIpc) is 2.67. The molecule has 0 aliphatic rings. The van der Waals surface area contributed by atoms with Crippen molar-refractivity contribution in [2.75, 3.05) is 17.7 Å². The fraction of sp³-hybridized carbons (Fsp3) is 0.409. The van der Waals surface area contributed by atoms with Crippen LogP contribution in [0.2, 0.25) is 5.02 Å². The molecule has 6 nitrogen and oxygen atoms in total. The molecule has 1 N–H and O–H groups in total. The van der Waals surface area contributed by atoms with Crippen molar-refractivity contribution in [3.63, 3.8) is 0 Å². The highest BCUT2D eigenvalue weighted by Crippen LogP contribution is 2.29. The first-order valence-electron chi connectivity index (χ1n) is 9.70. The molecule has 2 rings (SSSR count). The Bertz CT molecular complexity index is 1020. The van der Waals surface area contributed by atoms with Gasteiger partial charge in [-0.3, -0.25) is 9.10 Å². The fourth-order valence-corrected chi connectivity index (χ4v) is 4.82. The zero-order valence-electron chi connectivity index (χ0n) is 18.2. The number of anilines is 1. The average molecular weight is 453 g/mol. The minimum absolute atomic E-state index is 0.258. The van der Waals surface area contributed by atoms with E-state index in [1.807, 2.05) is 32.0 Å². The van der Waals surface area contributed by atoms with E-state index in [0.717, 1.165) is 27.4 Å². The van der Waals surface area contributed by atoms with E-state index in [2.05, 4.69) is 5.32 Å². The van der Waals surface area contributed by atoms with Crippen LogP contribution in [0.15, 0.2) is 36.4 Å². The summed E-state index contributed by atoms with van der Waals surface area (Å²) in [5.74, 6) is 0.383.